The Labute approximate surface area is 335 Å². The van der Waals surface area contributed by atoms with Gasteiger partial charge >= 0.3 is 5.97 Å². The fraction of sp³-hybridized carbons (Fsp3) is 0.0769. The molecule has 18 nitrogen and oxygen atoms in total. The van der Waals surface area contributed by atoms with Gasteiger partial charge in [0.05, 0.1) is 46.9 Å². The third-order valence-electron chi connectivity index (χ3n) is 8.57. The van der Waals surface area contributed by atoms with Gasteiger partial charge in [0.25, 0.3) is 26.1 Å². The van der Waals surface area contributed by atoms with Crippen LogP contribution in [0.1, 0.15) is 31.8 Å². The van der Waals surface area contributed by atoms with Crippen LogP contribution >= 0.6 is 0 Å². The van der Waals surface area contributed by atoms with Crippen molar-refractivity contribution < 1.29 is 50.5 Å². The number of hydrogen-bond donors (Lipinski definition) is 5. The Balaban J connectivity index is 1.16. The zero-order valence-corrected chi connectivity index (χ0v) is 32.6. The van der Waals surface area contributed by atoms with Crippen LogP contribution in [-0.4, -0.2) is 55.1 Å². The molecule has 300 valence electrons. The van der Waals surface area contributed by atoms with Crippen molar-refractivity contribution in [3.05, 3.63) is 125 Å². The molecule has 1 amide bonds. The number of aromatic hydroxyl groups is 1. The number of ether oxygens (including phenoxy) is 1. The molecular weight excluding hydrogens is 807 g/mol. The number of carbonyl (C=O) groups excluding carboxylic acids is 1. The van der Waals surface area contributed by atoms with E-state index in [4.69, 9.17) is 4.74 Å². The summed E-state index contributed by atoms with van der Waals surface area (Å²) < 4.78 is 73.3. The summed E-state index contributed by atoms with van der Waals surface area (Å²) in [5.41, 5.74) is 3.32. The van der Waals surface area contributed by atoms with E-state index in [1.807, 2.05) is 0 Å². The summed E-state index contributed by atoms with van der Waals surface area (Å²) in [6.07, 6.45) is 0. The Bertz CT molecular complexity index is 2990. The van der Waals surface area contributed by atoms with Gasteiger partial charge in [-0.3, -0.25) is 13.9 Å². The normalized spacial score (nSPS) is 12.2. The van der Waals surface area contributed by atoms with Gasteiger partial charge < -0.3 is 20.3 Å². The van der Waals surface area contributed by atoms with Gasteiger partial charge in [-0.15, -0.1) is 0 Å². The third-order valence-corrected chi connectivity index (χ3v) is 10.4. The minimum absolute atomic E-state index is 0.114. The van der Waals surface area contributed by atoms with Crippen LogP contribution in [0.3, 0.4) is 0 Å². The molecule has 0 heterocycles. The molecule has 0 aliphatic carbocycles. The summed E-state index contributed by atoms with van der Waals surface area (Å²) in [5.74, 6) is -1.84. The van der Waals surface area contributed by atoms with Crippen molar-refractivity contribution in [2.24, 2.45) is 30.7 Å². The molecule has 6 rings (SSSR count). The Morgan fingerprint density at radius 1 is 0.610 bits per heavy atom. The van der Waals surface area contributed by atoms with Gasteiger partial charge in [-0.05, 0) is 110 Å². The predicted molar refractivity (Wildman–Crippen MR) is 214 cm³/mol. The first-order valence-electron chi connectivity index (χ1n) is 17.0. The van der Waals surface area contributed by atoms with Crippen LogP contribution in [0, 0.1) is 13.8 Å². The molecule has 0 atom stereocenters. The topological polar surface area (TPSA) is 279 Å². The maximum absolute atomic E-state index is 13.1. The highest BCUT2D eigenvalue weighted by Crippen LogP contribution is 2.37. The first kappa shape index (κ1) is 41.4. The van der Waals surface area contributed by atoms with E-state index in [-0.39, 0.29) is 27.7 Å². The standard InChI is InChI=1S/C39H31N7O11S2/c1-21-15-25(11-13-31(21)45-44-27-18-29-28(37(19-27)59(54,55)56)5-4-6-36(29)58(51,52)53)43-46-32-20-35(57-3)33(16-22(32)2)40-38(48)23-7-9-24(10-8-23)41-42-26-12-14-34(47)30(17-26)39(49)50/h4-20,47H,1-3H3,(H,40,48)(H,49,50)(H,51,52,53)(H,54,55,56). The maximum atomic E-state index is 13.1. The molecule has 0 aromatic heterocycles. The van der Waals surface area contributed by atoms with Crippen LogP contribution in [0.15, 0.2) is 144 Å². The number of carboxylic acids is 1. The van der Waals surface area contributed by atoms with Crippen molar-refractivity contribution in [2.45, 2.75) is 23.6 Å². The highest BCUT2D eigenvalue weighted by molar-refractivity contribution is 7.86. The van der Waals surface area contributed by atoms with E-state index in [2.05, 4.69) is 36.0 Å². The number of nitrogens with one attached hydrogen (secondary N) is 1. The van der Waals surface area contributed by atoms with Gasteiger partial charge in [0.2, 0.25) is 0 Å². The number of carboxylic acid groups (broad SMARTS) is 1. The SMILES string of the molecule is COc1cc(N=Nc2ccc(N=Nc3cc(S(=O)(=O)O)c4cccc(S(=O)(=O)O)c4c3)c(C)c2)c(C)cc1NC(=O)c1ccc(N=Nc2ccc(O)c(C(=O)O)c2)cc1. The van der Waals surface area contributed by atoms with Crippen LogP contribution in [0.5, 0.6) is 11.5 Å². The van der Waals surface area contributed by atoms with E-state index in [1.165, 1.54) is 55.6 Å². The summed E-state index contributed by atoms with van der Waals surface area (Å²) >= 11 is 0. The van der Waals surface area contributed by atoms with Crippen LogP contribution < -0.4 is 10.1 Å². The number of azo groups is 3. The second kappa shape index (κ2) is 16.7. The number of amides is 1. The molecule has 20 heteroatoms. The number of aryl methyl sites for hydroxylation is 2. The van der Waals surface area contributed by atoms with Gasteiger partial charge in [0, 0.05) is 22.4 Å². The van der Waals surface area contributed by atoms with Gasteiger partial charge in [-0.1, -0.05) is 12.1 Å². The predicted octanol–water partition coefficient (Wildman–Crippen LogP) is 9.86. The number of hydrogen-bond acceptors (Lipinski definition) is 14. The number of carbonyl (C=O) groups is 2. The number of methoxy groups -OCH3 is 1. The van der Waals surface area contributed by atoms with Crippen LogP contribution in [0.25, 0.3) is 10.8 Å². The second-order valence-corrected chi connectivity index (χ2v) is 15.4. The Hall–Kier alpha value is -7.26. The van der Waals surface area contributed by atoms with Crippen LogP contribution in [0.2, 0.25) is 0 Å². The second-order valence-electron chi connectivity index (χ2n) is 12.7. The largest absolute Gasteiger partial charge is 0.507 e. The highest BCUT2D eigenvalue weighted by Gasteiger charge is 2.21. The number of fused-ring (bicyclic) bond motifs is 1. The Kier molecular flexibility index (Phi) is 11.7. The highest BCUT2D eigenvalue weighted by atomic mass is 32.2. The van der Waals surface area contributed by atoms with Gasteiger partial charge in [-0.2, -0.15) is 47.5 Å². The number of benzene rings is 6. The molecule has 0 aliphatic heterocycles. The van der Waals surface area contributed by atoms with E-state index < -0.39 is 47.7 Å². The summed E-state index contributed by atoms with van der Waals surface area (Å²) in [5, 5.41) is 46.3. The van der Waals surface area contributed by atoms with Crippen molar-refractivity contribution in [2.75, 3.05) is 12.4 Å². The van der Waals surface area contributed by atoms with Gasteiger partial charge in [0.1, 0.15) is 26.9 Å². The molecule has 5 N–H and O–H groups in total. The fourth-order valence-corrected chi connectivity index (χ4v) is 7.06. The molecule has 0 fully saturated rings. The molecular formula is C39H31N7O11S2. The van der Waals surface area contributed by atoms with Crippen molar-refractivity contribution in [3.8, 4) is 11.5 Å². The quantitative estimate of drug-likeness (QED) is 0.0571. The molecule has 6 aromatic carbocycles. The number of anilines is 1. The monoisotopic (exact) mass is 837 g/mol. The van der Waals surface area contributed by atoms with Crippen LogP contribution in [0.4, 0.5) is 39.8 Å². The lowest BCUT2D eigenvalue weighted by Crippen LogP contribution is -2.12. The van der Waals surface area contributed by atoms with E-state index in [9.17, 15) is 45.7 Å². The smallest absolute Gasteiger partial charge is 0.339 e. The summed E-state index contributed by atoms with van der Waals surface area (Å²) in [4.78, 5) is 23.2. The number of nitrogens with zero attached hydrogens (tertiary/aromatic N) is 6. The molecule has 0 unspecified atom stereocenters. The van der Waals surface area contributed by atoms with Crippen molar-refractivity contribution in [1.29, 1.82) is 0 Å². The van der Waals surface area contributed by atoms with E-state index in [0.717, 1.165) is 12.1 Å². The first-order valence-corrected chi connectivity index (χ1v) is 19.8. The van der Waals surface area contributed by atoms with Crippen LogP contribution in [-0.2, 0) is 20.2 Å². The minimum Gasteiger partial charge on any atom is -0.507 e. The molecule has 0 saturated heterocycles. The van der Waals surface area contributed by atoms with Gasteiger partial charge in [-0.25, -0.2) is 4.79 Å². The first-order chi connectivity index (χ1) is 27.9. The Morgan fingerprint density at radius 2 is 1.20 bits per heavy atom. The molecule has 0 saturated carbocycles. The van der Waals surface area contributed by atoms with Crippen molar-refractivity contribution in [1.82, 2.24) is 0 Å². The lowest BCUT2D eigenvalue weighted by Gasteiger charge is -2.13. The number of aromatic carboxylic acids is 1. The number of rotatable bonds is 12. The van der Waals surface area contributed by atoms with E-state index in [1.54, 1.807) is 56.3 Å². The van der Waals surface area contributed by atoms with Gasteiger partial charge in [0.15, 0.2) is 0 Å². The van der Waals surface area contributed by atoms with Crippen molar-refractivity contribution >= 4 is 82.7 Å². The molecule has 0 radical (unpaired) electrons. The summed E-state index contributed by atoms with van der Waals surface area (Å²) in [7, 11) is -8.16. The average Bonchev–Trinajstić information content (AvgIpc) is 3.18. The summed E-state index contributed by atoms with van der Waals surface area (Å²) in [6.45, 7) is 3.48. The molecule has 6 aromatic rings. The zero-order valence-electron chi connectivity index (χ0n) is 31.0. The van der Waals surface area contributed by atoms with E-state index >= 15 is 0 Å². The maximum Gasteiger partial charge on any atom is 0.339 e. The molecule has 0 bridgehead atoms. The Morgan fingerprint density at radius 3 is 1.86 bits per heavy atom. The molecule has 0 aliphatic rings. The summed E-state index contributed by atoms with van der Waals surface area (Å²) in [6, 6.07) is 23.9. The lowest BCUT2D eigenvalue weighted by molar-refractivity contribution is 0.0693. The van der Waals surface area contributed by atoms with Crippen molar-refractivity contribution in [3.63, 3.8) is 0 Å². The third kappa shape index (κ3) is 9.65. The minimum atomic E-state index is -4.83. The fourth-order valence-electron chi connectivity index (χ4n) is 5.64. The average molecular weight is 838 g/mol. The van der Waals surface area contributed by atoms with E-state index in [0.29, 0.717) is 50.9 Å². The molecule has 59 heavy (non-hydrogen) atoms. The zero-order chi connectivity index (χ0) is 42.6. The number of phenols is 1. The molecule has 0 spiro atoms. The lowest BCUT2D eigenvalue weighted by atomic mass is 10.1.